The van der Waals surface area contributed by atoms with Gasteiger partial charge in [0.2, 0.25) is 0 Å². The molecule has 124 valence electrons. The Morgan fingerprint density at radius 3 is 2.92 bits per heavy atom. The fraction of sp³-hybridized carbons (Fsp3) is 0.353. The molecule has 0 aliphatic carbocycles. The van der Waals surface area contributed by atoms with Crippen molar-refractivity contribution in [3.8, 4) is 6.07 Å². The van der Waals surface area contributed by atoms with Gasteiger partial charge in [-0.25, -0.2) is 0 Å². The van der Waals surface area contributed by atoms with Gasteiger partial charge in [0.15, 0.2) is 0 Å². The Morgan fingerprint density at radius 2 is 2.12 bits per heavy atom. The van der Waals surface area contributed by atoms with Gasteiger partial charge in [0.25, 0.3) is 0 Å². The minimum Gasteiger partial charge on any atom is -0.358 e. The fourth-order valence-corrected chi connectivity index (χ4v) is 3.50. The lowest BCUT2D eigenvalue weighted by atomic mass is 10.1. The molecule has 0 saturated heterocycles. The third kappa shape index (κ3) is 3.55. The number of aryl methyl sites for hydroxylation is 4. The maximum Gasteiger partial charge on any atom is 0.0827 e. The first kappa shape index (κ1) is 16.8. The van der Waals surface area contributed by atoms with E-state index in [1.54, 1.807) is 6.07 Å². The minimum atomic E-state index is 0.544. The predicted molar refractivity (Wildman–Crippen MR) is 95.3 cm³/mol. The SMILES string of the molecule is Cc1[nH]c2cc(Cl)cc(Cl)c2c1CCn1cc(CCCC#N)nn1. The van der Waals surface area contributed by atoms with Crippen molar-refractivity contribution in [2.75, 3.05) is 0 Å². The van der Waals surface area contributed by atoms with Crippen molar-refractivity contribution in [1.29, 1.82) is 5.26 Å². The van der Waals surface area contributed by atoms with Crippen LogP contribution in [-0.2, 0) is 19.4 Å². The van der Waals surface area contributed by atoms with E-state index in [2.05, 4.69) is 21.4 Å². The lowest BCUT2D eigenvalue weighted by Crippen LogP contribution is -2.02. The largest absolute Gasteiger partial charge is 0.358 e. The second-order valence-corrected chi connectivity index (χ2v) is 6.62. The van der Waals surface area contributed by atoms with Gasteiger partial charge >= 0.3 is 0 Å². The van der Waals surface area contributed by atoms with Gasteiger partial charge in [0.1, 0.15) is 0 Å². The Hall–Kier alpha value is -2.03. The van der Waals surface area contributed by atoms with Crippen molar-refractivity contribution >= 4 is 34.1 Å². The van der Waals surface area contributed by atoms with Crippen molar-refractivity contribution < 1.29 is 0 Å². The van der Waals surface area contributed by atoms with Crippen LogP contribution < -0.4 is 0 Å². The summed E-state index contributed by atoms with van der Waals surface area (Å²) >= 11 is 12.4. The molecule has 24 heavy (non-hydrogen) atoms. The van der Waals surface area contributed by atoms with Crippen LogP contribution in [0.4, 0.5) is 0 Å². The molecule has 3 rings (SSSR count). The van der Waals surface area contributed by atoms with E-state index >= 15 is 0 Å². The molecule has 0 saturated carbocycles. The van der Waals surface area contributed by atoms with Crippen LogP contribution in [0.5, 0.6) is 0 Å². The Kier molecular flexibility index (Phi) is 5.08. The van der Waals surface area contributed by atoms with Crippen LogP contribution in [-0.4, -0.2) is 20.0 Å². The molecular formula is C17H17Cl2N5. The van der Waals surface area contributed by atoms with Crippen molar-refractivity contribution in [2.24, 2.45) is 0 Å². The first-order valence-electron chi connectivity index (χ1n) is 7.80. The molecule has 0 bridgehead atoms. The molecule has 0 amide bonds. The van der Waals surface area contributed by atoms with Crippen molar-refractivity contribution in [2.45, 2.75) is 39.2 Å². The van der Waals surface area contributed by atoms with Crippen molar-refractivity contribution in [3.05, 3.63) is 45.3 Å². The molecule has 0 spiro atoms. The Balaban J connectivity index is 1.74. The van der Waals surface area contributed by atoms with E-state index in [0.717, 1.165) is 48.1 Å². The molecule has 0 fully saturated rings. The van der Waals surface area contributed by atoms with Crippen LogP contribution in [0.3, 0.4) is 0 Å². The van der Waals surface area contributed by atoms with E-state index in [9.17, 15) is 0 Å². The van der Waals surface area contributed by atoms with Crippen LogP contribution in [0.15, 0.2) is 18.3 Å². The number of nitrogens with zero attached hydrogens (tertiary/aromatic N) is 4. The number of benzene rings is 1. The number of hydrogen-bond acceptors (Lipinski definition) is 3. The number of halogens is 2. The summed E-state index contributed by atoms with van der Waals surface area (Å²) in [6.45, 7) is 2.76. The summed E-state index contributed by atoms with van der Waals surface area (Å²) in [6, 6.07) is 5.80. The highest BCUT2D eigenvalue weighted by Gasteiger charge is 2.13. The topological polar surface area (TPSA) is 70.3 Å². The highest BCUT2D eigenvalue weighted by molar-refractivity contribution is 6.38. The lowest BCUT2D eigenvalue weighted by Gasteiger charge is -2.03. The molecule has 0 radical (unpaired) electrons. The van der Waals surface area contributed by atoms with Gasteiger partial charge < -0.3 is 4.98 Å². The number of hydrogen-bond donors (Lipinski definition) is 1. The van der Waals surface area contributed by atoms with Gasteiger partial charge in [0, 0.05) is 40.8 Å². The van der Waals surface area contributed by atoms with Gasteiger partial charge in [-0.1, -0.05) is 28.4 Å². The Morgan fingerprint density at radius 1 is 1.29 bits per heavy atom. The number of fused-ring (bicyclic) bond motifs is 1. The van der Waals surface area contributed by atoms with Crippen LogP contribution in [0, 0.1) is 18.3 Å². The first-order valence-corrected chi connectivity index (χ1v) is 8.56. The molecule has 1 N–H and O–H groups in total. The van der Waals surface area contributed by atoms with E-state index in [1.165, 1.54) is 5.56 Å². The van der Waals surface area contributed by atoms with E-state index in [4.69, 9.17) is 28.5 Å². The van der Waals surface area contributed by atoms with Gasteiger partial charge in [0.05, 0.1) is 16.8 Å². The highest BCUT2D eigenvalue weighted by Crippen LogP contribution is 2.32. The van der Waals surface area contributed by atoms with Crippen LogP contribution in [0.1, 0.15) is 29.8 Å². The number of nitriles is 1. The Bertz CT molecular complexity index is 904. The fourth-order valence-electron chi connectivity index (χ4n) is 2.89. The zero-order valence-electron chi connectivity index (χ0n) is 13.3. The molecule has 0 aliphatic rings. The average Bonchev–Trinajstić information content (AvgIpc) is 3.09. The maximum atomic E-state index is 8.58. The van der Waals surface area contributed by atoms with E-state index in [0.29, 0.717) is 16.5 Å². The molecule has 2 aromatic heterocycles. The number of H-pyrrole nitrogens is 1. The normalized spacial score (nSPS) is 11.1. The minimum absolute atomic E-state index is 0.544. The van der Waals surface area contributed by atoms with Gasteiger partial charge in [-0.05, 0) is 43.9 Å². The quantitative estimate of drug-likeness (QED) is 0.658. The first-order chi connectivity index (χ1) is 11.6. The molecule has 0 aliphatic heterocycles. The smallest absolute Gasteiger partial charge is 0.0827 e. The van der Waals surface area contributed by atoms with Crippen LogP contribution in [0.25, 0.3) is 10.9 Å². The summed E-state index contributed by atoms with van der Waals surface area (Å²) < 4.78 is 1.84. The summed E-state index contributed by atoms with van der Waals surface area (Å²) in [5.74, 6) is 0. The van der Waals surface area contributed by atoms with Crippen LogP contribution >= 0.6 is 23.2 Å². The molecule has 5 nitrogen and oxygen atoms in total. The summed E-state index contributed by atoms with van der Waals surface area (Å²) in [6.07, 6.45) is 4.88. The number of aromatic nitrogens is 4. The van der Waals surface area contributed by atoms with E-state index < -0.39 is 0 Å². The van der Waals surface area contributed by atoms with Crippen molar-refractivity contribution in [1.82, 2.24) is 20.0 Å². The second kappa shape index (κ2) is 7.25. The molecular weight excluding hydrogens is 345 g/mol. The zero-order chi connectivity index (χ0) is 17.1. The standard InChI is InChI=1S/C17H17Cl2N5/c1-11-14(17-15(19)8-12(18)9-16(17)21-11)5-7-24-10-13(22-23-24)4-2-3-6-20/h8-10,21H,2-5,7H2,1H3. The monoisotopic (exact) mass is 361 g/mol. The van der Waals surface area contributed by atoms with E-state index in [1.807, 2.05) is 23.9 Å². The number of aromatic amines is 1. The Labute approximate surface area is 150 Å². The summed E-state index contributed by atoms with van der Waals surface area (Å²) in [7, 11) is 0. The molecule has 0 unspecified atom stereocenters. The number of unbranched alkanes of at least 4 members (excludes halogenated alkanes) is 1. The summed E-state index contributed by atoms with van der Waals surface area (Å²) in [5, 5.41) is 19.2. The van der Waals surface area contributed by atoms with Crippen molar-refractivity contribution in [3.63, 3.8) is 0 Å². The molecule has 3 aromatic rings. The summed E-state index contributed by atoms with van der Waals surface area (Å²) in [5.41, 5.74) is 4.14. The highest BCUT2D eigenvalue weighted by atomic mass is 35.5. The third-order valence-corrected chi connectivity index (χ3v) is 4.55. The number of nitrogens with one attached hydrogen (secondary N) is 1. The third-order valence-electron chi connectivity index (χ3n) is 4.03. The molecule has 1 aromatic carbocycles. The molecule has 0 atom stereocenters. The molecule has 7 heteroatoms. The van der Waals surface area contributed by atoms with Gasteiger partial charge in [-0.2, -0.15) is 5.26 Å². The number of rotatable bonds is 6. The second-order valence-electron chi connectivity index (χ2n) is 5.77. The van der Waals surface area contributed by atoms with Crippen LogP contribution in [0.2, 0.25) is 10.0 Å². The zero-order valence-corrected chi connectivity index (χ0v) is 14.8. The van der Waals surface area contributed by atoms with Gasteiger partial charge in [-0.15, -0.1) is 5.10 Å². The average molecular weight is 362 g/mol. The van der Waals surface area contributed by atoms with E-state index in [-0.39, 0.29) is 0 Å². The maximum absolute atomic E-state index is 8.58. The van der Waals surface area contributed by atoms with Gasteiger partial charge in [-0.3, -0.25) is 4.68 Å². The lowest BCUT2D eigenvalue weighted by molar-refractivity contribution is 0.589. The predicted octanol–water partition coefficient (Wildman–Crippen LogP) is 4.46. The summed E-state index contributed by atoms with van der Waals surface area (Å²) in [4.78, 5) is 3.34. The molecule has 2 heterocycles.